The number of hydrogen-bond donors (Lipinski definition) is 3. The molecule has 1 unspecified atom stereocenters. The maximum absolute atomic E-state index is 12.2. The Hall–Kier alpha value is -2.37. The topological polar surface area (TPSA) is 87.3 Å². The second-order valence-corrected chi connectivity index (χ2v) is 7.37. The van der Waals surface area contributed by atoms with Crippen molar-refractivity contribution in [1.82, 2.24) is 5.32 Å². The number of anilines is 2. The van der Waals surface area contributed by atoms with Gasteiger partial charge in [0.1, 0.15) is 0 Å². The lowest BCUT2D eigenvalue weighted by molar-refractivity contribution is -0.124. The summed E-state index contributed by atoms with van der Waals surface area (Å²) in [7, 11) is 0. The Balaban J connectivity index is 1.86. The molecule has 0 bridgehead atoms. The number of amides is 3. The Kier molecular flexibility index (Phi) is 7.82. The summed E-state index contributed by atoms with van der Waals surface area (Å²) in [5.74, 6) is -0.373. The molecule has 3 amide bonds. The van der Waals surface area contributed by atoms with Crippen molar-refractivity contribution in [2.24, 2.45) is 5.92 Å². The molecule has 1 aliphatic carbocycles. The van der Waals surface area contributed by atoms with Crippen LogP contribution in [0.2, 0.25) is 0 Å². The molecule has 1 aromatic carbocycles. The first kappa shape index (κ1) is 20.9. The molecule has 3 N–H and O–H groups in total. The van der Waals surface area contributed by atoms with Crippen molar-refractivity contribution in [3.63, 3.8) is 0 Å². The Morgan fingerprint density at radius 3 is 2.26 bits per heavy atom. The number of carbonyl (C=O) groups excluding carboxylic acids is 3. The molecule has 1 aliphatic rings. The SMILES string of the molecule is CCC(C)C(=O)Nc1cccc(NC(=O)CCC(=O)NC2CCCC2)c1C. The second-order valence-electron chi connectivity index (χ2n) is 7.37. The highest BCUT2D eigenvalue weighted by molar-refractivity contribution is 5.97. The lowest BCUT2D eigenvalue weighted by Gasteiger charge is -2.15. The van der Waals surface area contributed by atoms with Gasteiger partial charge in [-0.25, -0.2) is 0 Å². The van der Waals surface area contributed by atoms with E-state index in [9.17, 15) is 14.4 Å². The zero-order valence-electron chi connectivity index (χ0n) is 16.6. The molecule has 148 valence electrons. The number of nitrogens with one attached hydrogen (secondary N) is 3. The summed E-state index contributed by atoms with van der Waals surface area (Å²) >= 11 is 0. The highest BCUT2D eigenvalue weighted by atomic mass is 16.2. The molecule has 1 fully saturated rings. The van der Waals surface area contributed by atoms with Crippen LogP contribution in [0.3, 0.4) is 0 Å². The van der Waals surface area contributed by atoms with Crippen LogP contribution in [0.1, 0.15) is 64.4 Å². The standard InChI is InChI=1S/C21H31N3O3/c1-4-14(2)21(27)24-18-11-7-10-17(15(18)3)23-20(26)13-12-19(25)22-16-8-5-6-9-16/h7,10-11,14,16H,4-6,8-9,12-13H2,1-3H3,(H,22,25)(H,23,26)(H,24,27). The van der Waals surface area contributed by atoms with E-state index < -0.39 is 0 Å². The molecule has 1 saturated carbocycles. The Labute approximate surface area is 161 Å². The molecule has 6 heteroatoms. The fourth-order valence-electron chi connectivity index (χ4n) is 3.16. The molecule has 0 saturated heterocycles. The van der Waals surface area contributed by atoms with Gasteiger partial charge in [-0.1, -0.05) is 32.8 Å². The summed E-state index contributed by atoms with van der Waals surface area (Å²) in [4.78, 5) is 36.3. The molecular weight excluding hydrogens is 342 g/mol. The first-order valence-corrected chi connectivity index (χ1v) is 9.90. The van der Waals surface area contributed by atoms with Crippen LogP contribution in [0, 0.1) is 12.8 Å². The van der Waals surface area contributed by atoms with Gasteiger partial charge in [-0.15, -0.1) is 0 Å². The molecule has 0 heterocycles. The highest BCUT2D eigenvalue weighted by Crippen LogP contribution is 2.24. The average molecular weight is 373 g/mol. The van der Waals surface area contributed by atoms with Gasteiger partial charge in [-0.05, 0) is 43.9 Å². The number of carbonyl (C=O) groups is 3. The predicted molar refractivity (Wildman–Crippen MR) is 108 cm³/mol. The van der Waals surface area contributed by atoms with E-state index in [0.717, 1.165) is 37.7 Å². The quantitative estimate of drug-likeness (QED) is 0.648. The fraction of sp³-hybridized carbons (Fsp3) is 0.571. The smallest absolute Gasteiger partial charge is 0.227 e. The van der Waals surface area contributed by atoms with Crippen LogP contribution in [0.15, 0.2) is 18.2 Å². The summed E-state index contributed by atoms with van der Waals surface area (Å²) in [6, 6.07) is 5.68. The van der Waals surface area contributed by atoms with Gasteiger partial charge in [0.15, 0.2) is 0 Å². The molecule has 1 atom stereocenters. The zero-order chi connectivity index (χ0) is 19.8. The van der Waals surface area contributed by atoms with E-state index in [1.54, 1.807) is 12.1 Å². The van der Waals surface area contributed by atoms with E-state index in [-0.39, 0.29) is 42.5 Å². The van der Waals surface area contributed by atoms with Crippen LogP contribution in [0.4, 0.5) is 11.4 Å². The van der Waals surface area contributed by atoms with Gasteiger partial charge < -0.3 is 16.0 Å². The second kappa shape index (κ2) is 10.1. The summed E-state index contributed by atoms with van der Waals surface area (Å²) < 4.78 is 0. The van der Waals surface area contributed by atoms with Crippen LogP contribution in [0.25, 0.3) is 0 Å². The van der Waals surface area contributed by atoms with Gasteiger partial charge in [0.05, 0.1) is 0 Å². The first-order chi connectivity index (χ1) is 12.9. The minimum absolute atomic E-state index is 0.0346. The van der Waals surface area contributed by atoms with E-state index in [4.69, 9.17) is 0 Å². The number of benzene rings is 1. The third kappa shape index (κ3) is 6.38. The van der Waals surface area contributed by atoms with E-state index >= 15 is 0 Å². The van der Waals surface area contributed by atoms with Crippen molar-refractivity contribution in [3.8, 4) is 0 Å². The lowest BCUT2D eigenvalue weighted by Crippen LogP contribution is -2.33. The Bertz CT molecular complexity index is 681. The average Bonchev–Trinajstić information content (AvgIpc) is 3.15. The summed E-state index contributed by atoms with van der Waals surface area (Å²) in [5.41, 5.74) is 2.15. The Morgan fingerprint density at radius 2 is 1.63 bits per heavy atom. The molecule has 0 aliphatic heterocycles. The number of rotatable bonds is 8. The highest BCUT2D eigenvalue weighted by Gasteiger charge is 2.18. The molecule has 0 radical (unpaired) electrons. The van der Waals surface area contributed by atoms with Gasteiger partial charge in [-0.2, -0.15) is 0 Å². The maximum Gasteiger partial charge on any atom is 0.227 e. The summed E-state index contributed by atoms with van der Waals surface area (Å²) in [6.45, 7) is 5.71. The van der Waals surface area contributed by atoms with Gasteiger partial charge in [0.25, 0.3) is 0 Å². The number of hydrogen-bond acceptors (Lipinski definition) is 3. The van der Waals surface area contributed by atoms with Gasteiger partial charge in [-0.3, -0.25) is 14.4 Å². The lowest BCUT2D eigenvalue weighted by atomic mass is 10.1. The van der Waals surface area contributed by atoms with Gasteiger partial charge in [0, 0.05) is 36.2 Å². The maximum atomic E-state index is 12.2. The monoisotopic (exact) mass is 373 g/mol. The normalized spacial score (nSPS) is 15.2. The zero-order valence-corrected chi connectivity index (χ0v) is 16.6. The van der Waals surface area contributed by atoms with Crippen LogP contribution < -0.4 is 16.0 Å². The predicted octanol–water partition coefficient (Wildman–Crippen LogP) is 3.76. The largest absolute Gasteiger partial charge is 0.353 e. The Morgan fingerprint density at radius 1 is 1.04 bits per heavy atom. The van der Waals surface area contributed by atoms with Crippen molar-refractivity contribution in [2.75, 3.05) is 10.6 Å². The van der Waals surface area contributed by atoms with Crippen LogP contribution in [-0.2, 0) is 14.4 Å². The van der Waals surface area contributed by atoms with Crippen molar-refractivity contribution in [2.45, 2.75) is 71.8 Å². The molecule has 0 spiro atoms. The van der Waals surface area contributed by atoms with E-state index in [2.05, 4.69) is 16.0 Å². The fourth-order valence-corrected chi connectivity index (χ4v) is 3.16. The minimum Gasteiger partial charge on any atom is -0.353 e. The molecule has 1 aromatic rings. The molecule has 0 aromatic heterocycles. The van der Waals surface area contributed by atoms with Crippen molar-refractivity contribution < 1.29 is 14.4 Å². The molecule has 2 rings (SSSR count). The first-order valence-electron chi connectivity index (χ1n) is 9.90. The van der Waals surface area contributed by atoms with Crippen LogP contribution >= 0.6 is 0 Å². The van der Waals surface area contributed by atoms with E-state index in [1.807, 2.05) is 26.8 Å². The van der Waals surface area contributed by atoms with Crippen molar-refractivity contribution >= 4 is 29.1 Å². The molecule has 6 nitrogen and oxygen atoms in total. The van der Waals surface area contributed by atoms with Crippen LogP contribution in [-0.4, -0.2) is 23.8 Å². The third-order valence-electron chi connectivity index (χ3n) is 5.23. The van der Waals surface area contributed by atoms with E-state index in [1.165, 1.54) is 0 Å². The van der Waals surface area contributed by atoms with Gasteiger partial charge >= 0.3 is 0 Å². The summed E-state index contributed by atoms with van der Waals surface area (Å²) in [5, 5.41) is 8.75. The van der Waals surface area contributed by atoms with E-state index in [0.29, 0.717) is 11.4 Å². The molecule has 27 heavy (non-hydrogen) atoms. The third-order valence-corrected chi connectivity index (χ3v) is 5.23. The van der Waals surface area contributed by atoms with Crippen LogP contribution in [0.5, 0.6) is 0 Å². The summed E-state index contributed by atoms with van der Waals surface area (Å²) in [6.07, 6.45) is 5.49. The van der Waals surface area contributed by atoms with Gasteiger partial charge in [0.2, 0.25) is 17.7 Å². The van der Waals surface area contributed by atoms with Crippen molar-refractivity contribution in [3.05, 3.63) is 23.8 Å². The van der Waals surface area contributed by atoms with Crippen molar-refractivity contribution in [1.29, 1.82) is 0 Å². The molecular formula is C21H31N3O3. The minimum atomic E-state index is -0.204.